The lowest BCUT2D eigenvalue weighted by Crippen LogP contribution is -2.34. The number of benzene rings is 2. The van der Waals surface area contributed by atoms with Gasteiger partial charge in [0.25, 0.3) is 5.91 Å². The van der Waals surface area contributed by atoms with E-state index in [-0.39, 0.29) is 18.6 Å². The van der Waals surface area contributed by atoms with Gasteiger partial charge < -0.3 is 14.6 Å². The molecule has 2 heterocycles. The molecule has 0 bridgehead atoms. The van der Waals surface area contributed by atoms with E-state index in [4.69, 9.17) is 9.72 Å². The van der Waals surface area contributed by atoms with E-state index in [2.05, 4.69) is 31.8 Å². The van der Waals surface area contributed by atoms with E-state index in [0.29, 0.717) is 5.92 Å². The molecule has 1 amide bonds. The van der Waals surface area contributed by atoms with Gasteiger partial charge in [0.05, 0.1) is 17.1 Å². The highest BCUT2D eigenvalue weighted by Crippen LogP contribution is 2.31. The molecular formula is C23H27N3O2. The minimum atomic E-state index is -0.00597. The second-order valence-corrected chi connectivity index (χ2v) is 7.85. The Balaban J connectivity index is 1.44. The first kappa shape index (κ1) is 18.5. The molecule has 1 saturated heterocycles. The first-order valence-electron chi connectivity index (χ1n) is 10.0. The number of rotatable bonds is 5. The summed E-state index contributed by atoms with van der Waals surface area (Å²) in [5.41, 5.74) is 4.45. The van der Waals surface area contributed by atoms with E-state index in [1.807, 2.05) is 41.3 Å². The highest BCUT2D eigenvalue weighted by molar-refractivity contribution is 5.79. The van der Waals surface area contributed by atoms with Crippen LogP contribution in [0.25, 0.3) is 11.0 Å². The molecule has 2 aromatic carbocycles. The van der Waals surface area contributed by atoms with Crippen LogP contribution in [0.4, 0.5) is 0 Å². The number of hydrogen-bond acceptors (Lipinski definition) is 3. The number of likely N-dealkylation sites (tertiary alicyclic amines) is 1. The average Bonchev–Trinajstić information content (AvgIpc) is 3.32. The number of H-pyrrole nitrogens is 1. The third-order valence-corrected chi connectivity index (χ3v) is 5.52. The fourth-order valence-electron chi connectivity index (χ4n) is 4.09. The summed E-state index contributed by atoms with van der Waals surface area (Å²) in [5, 5.41) is 0. The smallest absolute Gasteiger partial charge is 0.261 e. The van der Waals surface area contributed by atoms with Gasteiger partial charge in [-0.15, -0.1) is 0 Å². The highest BCUT2D eigenvalue weighted by Gasteiger charge is 2.32. The van der Waals surface area contributed by atoms with Gasteiger partial charge in [-0.05, 0) is 61.1 Å². The molecule has 0 saturated carbocycles. The van der Waals surface area contributed by atoms with Crippen LogP contribution in [0.5, 0.6) is 5.75 Å². The van der Waals surface area contributed by atoms with Crippen molar-refractivity contribution in [2.45, 2.75) is 45.6 Å². The molecule has 146 valence electrons. The molecule has 1 fully saturated rings. The maximum absolute atomic E-state index is 12.8. The van der Waals surface area contributed by atoms with E-state index in [9.17, 15) is 4.79 Å². The van der Waals surface area contributed by atoms with Crippen molar-refractivity contribution < 1.29 is 9.53 Å². The van der Waals surface area contributed by atoms with Crippen molar-refractivity contribution in [2.75, 3.05) is 13.2 Å². The second kappa shape index (κ2) is 7.66. The summed E-state index contributed by atoms with van der Waals surface area (Å²) in [6, 6.07) is 14.0. The van der Waals surface area contributed by atoms with E-state index >= 15 is 0 Å². The van der Waals surface area contributed by atoms with E-state index in [1.54, 1.807) is 0 Å². The van der Waals surface area contributed by atoms with Crippen LogP contribution >= 0.6 is 0 Å². The number of carbonyl (C=O) groups excluding carboxylic acids is 1. The van der Waals surface area contributed by atoms with Crippen LogP contribution in [0.2, 0.25) is 0 Å². The summed E-state index contributed by atoms with van der Waals surface area (Å²) < 4.78 is 5.82. The topological polar surface area (TPSA) is 58.2 Å². The summed E-state index contributed by atoms with van der Waals surface area (Å²) in [7, 11) is 0. The molecule has 0 radical (unpaired) electrons. The fourth-order valence-corrected chi connectivity index (χ4v) is 4.09. The Morgan fingerprint density at radius 3 is 2.86 bits per heavy atom. The van der Waals surface area contributed by atoms with Gasteiger partial charge in [0.2, 0.25) is 0 Å². The Labute approximate surface area is 165 Å². The van der Waals surface area contributed by atoms with E-state index in [0.717, 1.165) is 42.0 Å². The molecular weight excluding hydrogens is 350 g/mol. The van der Waals surface area contributed by atoms with Gasteiger partial charge in [0.15, 0.2) is 6.61 Å². The number of aromatic nitrogens is 2. The number of nitrogens with zero attached hydrogens (tertiary/aromatic N) is 2. The number of fused-ring (bicyclic) bond motifs is 1. The molecule has 28 heavy (non-hydrogen) atoms. The van der Waals surface area contributed by atoms with Gasteiger partial charge in [-0.3, -0.25) is 4.79 Å². The van der Waals surface area contributed by atoms with Gasteiger partial charge in [-0.25, -0.2) is 4.98 Å². The first-order chi connectivity index (χ1) is 13.5. The summed E-state index contributed by atoms with van der Waals surface area (Å²) in [4.78, 5) is 22.8. The van der Waals surface area contributed by atoms with Gasteiger partial charge in [-0.2, -0.15) is 0 Å². The van der Waals surface area contributed by atoms with Crippen molar-refractivity contribution in [2.24, 2.45) is 0 Å². The van der Waals surface area contributed by atoms with Crippen molar-refractivity contribution >= 4 is 16.9 Å². The van der Waals surface area contributed by atoms with Gasteiger partial charge in [-0.1, -0.05) is 32.0 Å². The number of amides is 1. The lowest BCUT2D eigenvalue weighted by Gasteiger charge is -2.23. The number of aromatic amines is 1. The molecule has 4 rings (SSSR count). The predicted molar refractivity (Wildman–Crippen MR) is 111 cm³/mol. The zero-order valence-electron chi connectivity index (χ0n) is 16.7. The van der Waals surface area contributed by atoms with E-state index < -0.39 is 0 Å². The Bertz CT molecular complexity index is 959. The summed E-state index contributed by atoms with van der Waals surface area (Å²) >= 11 is 0. The Morgan fingerprint density at radius 2 is 2.11 bits per heavy atom. The maximum atomic E-state index is 12.8. The number of imidazole rings is 1. The van der Waals surface area contributed by atoms with Crippen LogP contribution in [-0.2, 0) is 4.79 Å². The molecule has 1 aliphatic heterocycles. The quantitative estimate of drug-likeness (QED) is 0.699. The van der Waals surface area contributed by atoms with Crippen molar-refractivity contribution in [3.8, 4) is 5.75 Å². The first-order valence-corrected chi connectivity index (χ1v) is 10.0. The number of carbonyl (C=O) groups is 1. The minimum absolute atomic E-state index is 0.00597. The number of hydrogen-bond donors (Lipinski definition) is 1. The Morgan fingerprint density at radius 1 is 1.29 bits per heavy atom. The summed E-state index contributed by atoms with van der Waals surface area (Å²) in [6.07, 6.45) is 1.91. The third kappa shape index (κ3) is 3.61. The second-order valence-electron chi connectivity index (χ2n) is 7.85. The summed E-state index contributed by atoms with van der Waals surface area (Å²) in [5.74, 6) is 2.09. The molecule has 0 spiro atoms. The van der Waals surface area contributed by atoms with Crippen molar-refractivity contribution in [1.82, 2.24) is 14.9 Å². The molecule has 5 heteroatoms. The average molecular weight is 377 g/mol. The highest BCUT2D eigenvalue weighted by atomic mass is 16.5. The largest absolute Gasteiger partial charge is 0.484 e. The normalized spacial score (nSPS) is 16.9. The van der Waals surface area contributed by atoms with Crippen LogP contribution in [-0.4, -0.2) is 33.9 Å². The molecule has 1 N–H and O–H groups in total. The molecule has 1 aromatic heterocycles. The van der Waals surface area contributed by atoms with Crippen LogP contribution in [0.3, 0.4) is 0 Å². The maximum Gasteiger partial charge on any atom is 0.261 e. The Hall–Kier alpha value is -2.82. The Kier molecular flexibility index (Phi) is 5.07. The minimum Gasteiger partial charge on any atom is -0.484 e. The van der Waals surface area contributed by atoms with Crippen LogP contribution in [0.15, 0.2) is 42.5 Å². The van der Waals surface area contributed by atoms with Gasteiger partial charge in [0.1, 0.15) is 11.6 Å². The molecule has 1 atom stereocenters. The number of para-hydroxylation sites is 2. The van der Waals surface area contributed by atoms with Crippen molar-refractivity contribution in [3.05, 3.63) is 59.4 Å². The molecule has 1 unspecified atom stereocenters. The SMILES string of the molecule is Cc1cc(OCC(=O)N2CCCC2c2nc3ccccc3[nH]2)ccc1C(C)C. The van der Waals surface area contributed by atoms with Crippen LogP contribution in [0, 0.1) is 6.92 Å². The lowest BCUT2D eigenvalue weighted by molar-refractivity contribution is -0.134. The van der Waals surface area contributed by atoms with Crippen molar-refractivity contribution in [1.29, 1.82) is 0 Å². The third-order valence-electron chi connectivity index (χ3n) is 5.52. The molecule has 3 aromatic rings. The number of ether oxygens (including phenoxy) is 1. The fraction of sp³-hybridized carbons (Fsp3) is 0.391. The standard InChI is InChI=1S/C23H27N3O2/c1-15(2)18-11-10-17(13-16(18)3)28-14-22(27)26-12-6-9-21(26)23-24-19-7-4-5-8-20(19)25-23/h4-5,7-8,10-11,13,15,21H,6,9,12,14H2,1-3H3,(H,24,25). The number of nitrogens with one attached hydrogen (secondary N) is 1. The van der Waals surface area contributed by atoms with E-state index in [1.165, 1.54) is 11.1 Å². The molecule has 1 aliphatic rings. The molecule has 5 nitrogen and oxygen atoms in total. The summed E-state index contributed by atoms with van der Waals surface area (Å²) in [6.45, 7) is 7.24. The predicted octanol–water partition coefficient (Wildman–Crippen LogP) is 4.74. The van der Waals surface area contributed by atoms with Gasteiger partial charge >= 0.3 is 0 Å². The van der Waals surface area contributed by atoms with Crippen LogP contribution in [0.1, 0.15) is 55.6 Å². The monoisotopic (exact) mass is 377 g/mol. The zero-order chi connectivity index (χ0) is 19.7. The van der Waals surface area contributed by atoms with Crippen LogP contribution < -0.4 is 4.74 Å². The molecule has 0 aliphatic carbocycles. The zero-order valence-corrected chi connectivity index (χ0v) is 16.7. The lowest BCUT2D eigenvalue weighted by atomic mass is 9.98. The van der Waals surface area contributed by atoms with Gasteiger partial charge in [0, 0.05) is 6.54 Å². The number of aryl methyl sites for hydroxylation is 1. The van der Waals surface area contributed by atoms with Crippen molar-refractivity contribution in [3.63, 3.8) is 0 Å².